The summed E-state index contributed by atoms with van der Waals surface area (Å²) in [5.74, 6) is 0.971. The maximum Gasteiger partial charge on any atom is 0.322 e. The van der Waals surface area contributed by atoms with Gasteiger partial charge >= 0.3 is 6.03 Å². The van der Waals surface area contributed by atoms with Gasteiger partial charge in [0, 0.05) is 24.6 Å². The smallest absolute Gasteiger partial charge is 0.322 e. The standard InChI is InChI=1S/C19H19N3O5/c1-12(18-10-13-6-4-5-7-16(13)27-18)21(2)19(23)20-15-11-14(22(24)25)8-9-17(15)26-3/h4-12H,1-3H3,(H,20,23). The molecule has 2 aromatic carbocycles. The van der Waals surface area contributed by atoms with E-state index in [2.05, 4.69) is 5.32 Å². The molecular weight excluding hydrogens is 350 g/mol. The summed E-state index contributed by atoms with van der Waals surface area (Å²) in [5.41, 5.74) is 0.827. The molecule has 0 saturated heterocycles. The van der Waals surface area contributed by atoms with E-state index in [1.165, 1.54) is 30.2 Å². The summed E-state index contributed by atoms with van der Waals surface area (Å²) in [6, 6.07) is 12.7. The molecule has 1 N–H and O–H groups in total. The van der Waals surface area contributed by atoms with E-state index in [-0.39, 0.29) is 17.4 Å². The van der Waals surface area contributed by atoms with Crippen molar-refractivity contribution in [3.05, 3.63) is 64.4 Å². The number of para-hydroxylation sites is 1. The van der Waals surface area contributed by atoms with Gasteiger partial charge in [-0.25, -0.2) is 4.79 Å². The molecule has 0 fully saturated rings. The fourth-order valence-electron chi connectivity index (χ4n) is 2.69. The van der Waals surface area contributed by atoms with E-state index in [9.17, 15) is 14.9 Å². The van der Waals surface area contributed by atoms with Crippen molar-refractivity contribution >= 4 is 28.4 Å². The molecule has 3 rings (SSSR count). The molecule has 8 heteroatoms. The predicted molar refractivity (Wildman–Crippen MR) is 101 cm³/mol. The predicted octanol–water partition coefficient (Wildman–Crippen LogP) is 4.57. The first-order valence-electron chi connectivity index (χ1n) is 8.25. The molecule has 0 aliphatic heterocycles. The number of nitro groups is 1. The Balaban J connectivity index is 1.81. The van der Waals surface area contributed by atoms with E-state index < -0.39 is 11.0 Å². The number of furan rings is 1. The lowest BCUT2D eigenvalue weighted by Crippen LogP contribution is -2.33. The summed E-state index contributed by atoms with van der Waals surface area (Å²) in [6.45, 7) is 1.84. The molecule has 1 heterocycles. The SMILES string of the molecule is COc1ccc([N+](=O)[O-])cc1NC(=O)N(C)C(C)c1cc2ccccc2o1. The third-order valence-electron chi connectivity index (χ3n) is 4.39. The molecule has 1 atom stereocenters. The van der Waals surface area contributed by atoms with Gasteiger partial charge in [0.15, 0.2) is 0 Å². The van der Waals surface area contributed by atoms with Crippen molar-refractivity contribution in [2.24, 2.45) is 0 Å². The number of benzene rings is 2. The fourth-order valence-corrected chi connectivity index (χ4v) is 2.69. The molecule has 0 spiro atoms. The van der Waals surface area contributed by atoms with E-state index in [1.807, 2.05) is 37.3 Å². The number of hydrogen-bond acceptors (Lipinski definition) is 5. The molecule has 0 aliphatic rings. The molecule has 0 saturated carbocycles. The zero-order valence-electron chi connectivity index (χ0n) is 15.1. The summed E-state index contributed by atoms with van der Waals surface area (Å²) in [7, 11) is 3.05. The number of methoxy groups -OCH3 is 1. The minimum Gasteiger partial charge on any atom is -0.495 e. The second-order valence-corrected chi connectivity index (χ2v) is 6.05. The number of carbonyl (C=O) groups excluding carboxylic acids is 1. The third kappa shape index (κ3) is 3.69. The van der Waals surface area contributed by atoms with Gasteiger partial charge in [-0.15, -0.1) is 0 Å². The second-order valence-electron chi connectivity index (χ2n) is 6.05. The van der Waals surface area contributed by atoms with E-state index >= 15 is 0 Å². The van der Waals surface area contributed by atoms with Crippen LogP contribution in [-0.4, -0.2) is 30.0 Å². The molecule has 1 unspecified atom stereocenters. The molecule has 2 amide bonds. The Morgan fingerprint density at radius 1 is 1.26 bits per heavy atom. The van der Waals surface area contributed by atoms with Crippen molar-refractivity contribution in [1.29, 1.82) is 0 Å². The normalized spacial score (nSPS) is 11.8. The summed E-state index contributed by atoms with van der Waals surface area (Å²) < 4.78 is 11.0. The van der Waals surface area contributed by atoms with Crippen molar-refractivity contribution in [2.75, 3.05) is 19.5 Å². The first-order chi connectivity index (χ1) is 12.9. The van der Waals surface area contributed by atoms with Crippen LogP contribution in [0.2, 0.25) is 0 Å². The zero-order chi connectivity index (χ0) is 19.6. The molecule has 1 aromatic heterocycles. The number of amides is 2. The molecule has 8 nitrogen and oxygen atoms in total. The lowest BCUT2D eigenvalue weighted by Gasteiger charge is -2.24. The van der Waals surface area contributed by atoms with Crippen LogP contribution in [0.4, 0.5) is 16.2 Å². The monoisotopic (exact) mass is 369 g/mol. The number of nitro benzene ring substituents is 1. The number of nitrogens with one attached hydrogen (secondary N) is 1. The minimum absolute atomic E-state index is 0.140. The van der Waals surface area contributed by atoms with Crippen LogP contribution >= 0.6 is 0 Å². The van der Waals surface area contributed by atoms with E-state index in [0.717, 1.165) is 11.0 Å². The van der Waals surface area contributed by atoms with Gasteiger partial charge in [-0.2, -0.15) is 0 Å². The van der Waals surface area contributed by atoms with Crippen LogP contribution in [0.3, 0.4) is 0 Å². The molecule has 0 bridgehead atoms. The van der Waals surface area contributed by atoms with Gasteiger partial charge in [0.2, 0.25) is 0 Å². The maximum absolute atomic E-state index is 12.6. The number of rotatable bonds is 5. The zero-order valence-corrected chi connectivity index (χ0v) is 15.1. The van der Waals surface area contributed by atoms with Crippen LogP contribution in [0.5, 0.6) is 5.75 Å². The van der Waals surface area contributed by atoms with Crippen LogP contribution in [0.15, 0.2) is 52.9 Å². The summed E-state index contributed by atoms with van der Waals surface area (Å²) in [4.78, 5) is 24.5. The van der Waals surface area contributed by atoms with Crippen LogP contribution < -0.4 is 10.1 Å². The quantitative estimate of drug-likeness (QED) is 0.524. The van der Waals surface area contributed by atoms with Gasteiger partial charge < -0.3 is 19.4 Å². The van der Waals surface area contributed by atoms with Crippen LogP contribution in [0.25, 0.3) is 11.0 Å². The van der Waals surface area contributed by atoms with Gasteiger partial charge in [0.25, 0.3) is 5.69 Å². The van der Waals surface area contributed by atoms with Crippen molar-refractivity contribution in [3.63, 3.8) is 0 Å². The van der Waals surface area contributed by atoms with E-state index in [4.69, 9.17) is 9.15 Å². The van der Waals surface area contributed by atoms with Gasteiger partial charge in [-0.3, -0.25) is 10.1 Å². The lowest BCUT2D eigenvalue weighted by atomic mass is 10.2. The van der Waals surface area contributed by atoms with Crippen LogP contribution in [-0.2, 0) is 0 Å². The van der Waals surface area contributed by atoms with E-state index in [1.54, 1.807) is 7.05 Å². The van der Waals surface area contributed by atoms with Crippen molar-refractivity contribution in [1.82, 2.24) is 4.90 Å². The van der Waals surface area contributed by atoms with Crippen molar-refractivity contribution in [3.8, 4) is 5.75 Å². The Morgan fingerprint density at radius 3 is 2.67 bits per heavy atom. The molecule has 0 radical (unpaired) electrons. The highest BCUT2D eigenvalue weighted by atomic mass is 16.6. The number of hydrogen-bond donors (Lipinski definition) is 1. The van der Waals surface area contributed by atoms with Gasteiger partial charge in [-0.05, 0) is 25.1 Å². The number of carbonyl (C=O) groups is 1. The second kappa shape index (κ2) is 7.36. The molecule has 140 valence electrons. The largest absolute Gasteiger partial charge is 0.495 e. The van der Waals surface area contributed by atoms with Gasteiger partial charge in [0.1, 0.15) is 17.1 Å². The van der Waals surface area contributed by atoms with Crippen molar-refractivity contribution in [2.45, 2.75) is 13.0 Å². The Morgan fingerprint density at radius 2 is 2.00 bits per heavy atom. The van der Waals surface area contributed by atoms with Crippen LogP contribution in [0.1, 0.15) is 18.7 Å². The van der Waals surface area contributed by atoms with Crippen molar-refractivity contribution < 1.29 is 18.9 Å². The summed E-state index contributed by atoms with van der Waals surface area (Å²) in [6.07, 6.45) is 0. The topological polar surface area (TPSA) is 97.8 Å². The highest BCUT2D eigenvalue weighted by Crippen LogP contribution is 2.31. The molecule has 0 aliphatic carbocycles. The lowest BCUT2D eigenvalue weighted by molar-refractivity contribution is -0.384. The average Bonchev–Trinajstić information content (AvgIpc) is 3.10. The van der Waals surface area contributed by atoms with Gasteiger partial charge in [0.05, 0.1) is 23.8 Å². The number of anilines is 1. The maximum atomic E-state index is 12.6. The number of urea groups is 1. The summed E-state index contributed by atoms with van der Waals surface area (Å²) >= 11 is 0. The third-order valence-corrected chi connectivity index (χ3v) is 4.39. The van der Waals surface area contributed by atoms with E-state index in [0.29, 0.717) is 11.5 Å². The Kier molecular flexibility index (Phi) is 4.98. The average molecular weight is 369 g/mol. The van der Waals surface area contributed by atoms with Gasteiger partial charge in [-0.1, -0.05) is 18.2 Å². The first-order valence-corrected chi connectivity index (χ1v) is 8.25. The number of fused-ring (bicyclic) bond motifs is 1. The minimum atomic E-state index is -0.532. The highest BCUT2D eigenvalue weighted by Gasteiger charge is 2.22. The Hall–Kier alpha value is -3.55. The molecule has 3 aromatic rings. The van der Waals surface area contributed by atoms with Crippen LogP contribution in [0, 0.1) is 10.1 Å². The highest BCUT2D eigenvalue weighted by molar-refractivity contribution is 5.91. The Labute approximate surface area is 155 Å². The number of nitrogens with zero attached hydrogens (tertiary/aromatic N) is 2. The summed E-state index contributed by atoms with van der Waals surface area (Å²) in [5, 5.41) is 14.6. The molecular formula is C19H19N3O5. The first kappa shape index (κ1) is 18.2. The fraction of sp³-hybridized carbons (Fsp3) is 0.211. The number of ether oxygens (including phenoxy) is 1. The Bertz CT molecular complexity index is 965. The number of non-ortho nitro benzene ring substituents is 1. The molecule has 27 heavy (non-hydrogen) atoms.